The monoisotopic (exact) mass is 273 g/mol. The van der Waals surface area contributed by atoms with Crippen LogP contribution in [0.1, 0.15) is 38.3 Å². The van der Waals surface area contributed by atoms with Crippen LogP contribution in [-0.4, -0.2) is 26.7 Å². The van der Waals surface area contributed by atoms with Crippen LogP contribution >= 0.6 is 0 Å². The Bertz CT molecular complexity index is 605. The average Bonchev–Trinajstić information content (AvgIpc) is 2.83. The Kier molecular flexibility index (Phi) is 3.38. The van der Waals surface area contributed by atoms with Crippen molar-refractivity contribution in [2.24, 2.45) is 11.7 Å². The summed E-state index contributed by atoms with van der Waals surface area (Å²) in [4.78, 5) is 4.51. The van der Waals surface area contributed by atoms with Crippen molar-refractivity contribution in [3.05, 3.63) is 24.2 Å². The number of nitrogens with one attached hydrogen (secondary N) is 1. The SMILES string of the molecule is Cc1cc2c(NC3(CN)CCCCC3C)nccn2n1. The van der Waals surface area contributed by atoms with Gasteiger partial charge in [-0.15, -0.1) is 0 Å². The first-order valence-electron chi connectivity index (χ1n) is 7.44. The van der Waals surface area contributed by atoms with Crippen LogP contribution in [0.3, 0.4) is 0 Å². The summed E-state index contributed by atoms with van der Waals surface area (Å²) in [7, 11) is 0. The van der Waals surface area contributed by atoms with E-state index in [1.54, 1.807) is 6.20 Å². The van der Waals surface area contributed by atoms with Crippen LogP contribution in [0.2, 0.25) is 0 Å². The fourth-order valence-electron chi connectivity index (χ4n) is 3.33. The molecule has 5 nitrogen and oxygen atoms in total. The lowest BCUT2D eigenvalue weighted by Crippen LogP contribution is -2.52. The fraction of sp³-hybridized carbons (Fsp3) is 0.600. The van der Waals surface area contributed by atoms with Gasteiger partial charge in [0, 0.05) is 18.9 Å². The second-order valence-electron chi connectivity index (χ2n) is 6.02. The summed E-state index contributed by atoms with van der Waals surface area (Å²) in [6.07, 6.45) is 8.54. The number of nitrogens with zero attached hydrogens (tertiary/aromatic N) is 3. The molecule has 2 aromatic heterocycles. The lowest BCUT2D eigenvalue weighted by atomic mass is 9.73. The average molecular weight is 273 g/mol. The number of anilines is 1. The zero-order valence-corrected chi connectivity index (χ0v) is 12.3. The first-order chi connectivity index (χ1) is 9.64. The van der Waals surface area contributed by atoms with Crippen molar-refractivity contribution in [1.82, 2.24) is 14.6 Å². The molecular weight excluding hydrogens is 250 g/mol. The Morgan fingerprint density at radius 1 is 1.50 bits per heavy atom. The molecular formula is C15H23N5. The van der Waals surface area contributed by atoms with Crippen molar-refractivity contribution in [1.29, 1.82) is 0 Å². The molecule has 1 aliphatic carbocycles. The van der Waals surface area contributed by atoms with Crippen molar-refractivity contribution in [3.63, 3.8) is 0 Å². The molecule has 20 heavy (non-hydrogen) atoms. The molecule has 0 radical (unpaired) electrons. The van der Waals surface area contributed by atoms with E-state index >= 15 is 0 Å². The number of fused-ring (bicyclic) bond motifs is 1. The highest BCUT2D eigenvalue weighted by molar-refractivity contribution is 5.68. The second-order valence-corrected chi connectivity index (χ2v) is 6.02. The quantitative estimate of drug-likeness (QED) is 0.901. The third-order valence-corrected chi connectivity index (χ3v) is 4.70. The van der Waals surface area contributed by atoms with Gasteiger partial charge >= 0.3 is 0 Å². The highest BCUT2D eigenvalue weighted by Gasteiger charge is 2.37. The molecule has 3 rings (SSSR count). The van der Waals surface area contributed by atoms with E-state index < -0.39 is 0 Å². The van der Waals surface area contributed by atoms with Crippen LogP contribution in [0.5, 0.6) is 0 Å². The zero-order valence-electron chi connectivity index (χ0n) is 12.3. The molecule has 0 bridgehead atoms. The van der Waals surface area contributed by atoms with Crippen molar-refractivity contribution in [2.75, 3.05) is 11.9 Å². The lowest BCUT2D eigenvalue weighted by molar-refractivity contribution is 0.235. The van der Waals surface area contributed by atoms with Gasteiger partial charge in [-0.05, 0) is 31.7 Å². The topological polar surface area (TPSA) is 68.2 Å². The molecule has 1 saturated carbocycles. The summed E-state index contributed by atoms with van der Waals surface area (Å²) in [6, 6.07) is 2.06. The van der Waals surface area contributed by atoms with E-state index in [-0.39, 0.29) is 5.54 Å². The molecule has 3 N–H and O–H groups in total. The van der Waals surface area contributed by atoms with Crippen LogP contribution in [0, 0.1) is 12.8 Å². The number of nitrogens with two attached hydrogens (primary N) is 1. The first kappa shape index (κ1) is 13.4. The minimum absolute atomic E-state index is 0.0364. The van der Waals surface area contributed by atoms with Gasteiger partial charge in [0.25, 0.3) is 0 Å². The van der Waals surface area contributed by atoms with Crippen LogP contribution in [-0.2, 0) is 0 Å². The van der Waals surface area contributed by atoms with E-state index in [9.17, 15) is 0 Å². The van der Waals surface area contributed by atoms with Gasteiger partial charge in [-0.1, -0.05) is 19.8 Å². The van der Waals surface area contributed by atoms with Gasteiger partial charge in [-0.3, -0.25) is 0 Å². The Balaban J connectivity index is 1.98. The molecule has 0 amide bonds. The predicted molar refractivity (Wildman–Crippen MR) is 80.8 cm³/mol. The van der Waals surface area contributed by atoms with E-state index in [0.717, 1.165) is 23.4 Å². The van der Waals surface area contributed by atoms with Crippen LogP contribution < -0.4 is 11.1 Å². The summed E-state index contributed by atoms with van der Waals surface area (Å²) in [5.74, 6) is 1.46. The number of hydrogen-bond acceptors (Lipinski definition) is 4. The highest BCUT2D eigenvalue weighted by atomic mass is 15.2. The van der Waals surface area contributed by atoms with Crippen molar-refractivity contribution < 1.29 is 0 Å². The Labute approximate surface area is 119 Å². The summed E-state index contributed by atoms with van der Waals surface area (Å²) in [6.45, 7) is 4.93. The molecule has 0 aromatic carbocycles. The maximum Gasteiger partial charge on any atom is 0.152 e. The van der Waals surface area contributed by atoms with Gasteiger partial charge in [-0.2, -0.15) is 5.10 Å². The van der Waals surface area contributed by atoms with Crippen molar-refractivity contribution in [2.45, 2.75) is 45.1 Å². The predicted octanol–water partition coefficient (Wildman–Crippen LogP) is 2.36. The Morgan fingerprint density at radius 2 is 2.35 bits per heavy atom. The van der Waals surface area contributed by atoms with Crippen LogP contribution in [0.4, 0.5) is 5.82 Å². The maximum absolute atomic E-state index is 6.11. The fourth-order valence-corrected chi connectivity index (χ4v) is 3.33. The maximum atomic E-state index is 6.11. The van der Waals surface area contributed by atoms with Crippen molar-refractivity contribution >= 4 is 11.3 Å². The standard InChI is InChI=1S/C15H23N5/c1-11-5-3-4-6-15(11,10-16)18-14-13-9-12(2)19-20(13)8-7-17-14/h7-9,11H,3-6,10,16H2,1-2H3,(H,17,18). The van der Waals surface area contributed by atoms with Gasteiger partial charge in [-0.25, -0.2) is 9.50 Å². The normalized spacial score (nSPS) is 26.9. The third kappa shape index (κ3) is 2.16. The molecule has 0 saturated heterocycles. The molecule has 0 spiro atoms. The highest BCUT2D eigenvalue weighted by Crippen LogP contribution is 2.36. The van der Waals surface area contributed by atoms with E-state index in [2.05, 4.69) is 28.4 Å². The summed E-state index contributed by atoms with van der Waals surface area (Å²) in [5.41, 5.74) is 8.10. The molecule has 2 unspecified atom stereocenters. The van der Waals surface area contributed by atoms with E-state index in [1.807, 2.05) is 17.6 Å². The Morgan fingerprint density at radius 3 is 3.10 bits per heavy atom. The van der Waals surface area contributed by atoms with Crippen LogP contribution in [0.15, 0.2) is 18.5 Å². The van der Waals surface area contributed by atoms with E-state index in [4.69, 9.17) is 5.73 Å². The van der Waals surface area contributed by atoms with E-state index in [1.165, 1.54) is 19.3 Å². The molecule has 1 aliphatic rings. The molecule has 108 valence electrons. The molecule has 2 aromatic rings. The van der Waals surface area contributed by atoms with Gasteiger partial charge in [0.15, 0.2) is 5.82 Å². The third-order valence-electron chi connectivity index (χ3n) is 4.70. The molecule has 0 aliphatic heterocycles. The molecule has 5 heteroatoms. The number of rotatable bonds is 3. The molecule has 2 heterocycles. The minimum atomic E-state index is -0.0364. The number of hydrogen-bond donors (Lipinski definition) is 2. The van der Waals surface area contributed by atoms with Gasteiger partial charge in [0.05, 0.1) is 11.2 Å². The van der Waals surface area contributed by atoms with E-state index in [0.29, 0.717) is 12.5 Å². The molecule has 2 atom stereocenters. The lowest BCUT2D eigenvalue weighted by Gasteiger charge is -2.43. The number of aromatic nitrogens is 3. The first-order valence-corrected chi connectivity index (χ1v) is 7.44. The van der Waals surface area contributed by atoms with Gasteiger partial charge < -0.3 is 11.1 Å². The largest absolute Gasteiger partial charge is 0.361 e. The summed E-state index contributed by atoms with van der Waals surface area (Å²) < 4.78 is 1.88. The van der Waals surface area contributed by atoms with Crippen LogP contribution in [0.25, 0.3) is 5.52 Å². The summed E-state index contributed by atoms with van der Waals surface area (Å²) >= 11 is 0. The number of aryl methyl sites for hydroxylation is 1. The van der Waals surface area contributed by atoms with Gasteiger partial charge in [0.1, 0.15) is 5.52 Å². The second kappa shape index (κ2) is 5.05. The zero-order chi connectivity index (χ0) is 14.2. The Hall–Kier alpha value is -1.62. The minimum Gasteiger partial charge on any atom is -0.361 e. The van der Waals surface area contributed by atoms with Gasteiger partial charge in [0.2, 0.25) is 0 Å². The summed E-state index contributed by atoms with van der Waals surface area (Å²) in [5, 5.41) is 8.09. The molecule has 1 fully saturated rings. The smallest absolute Gasteiger partial charge is 0.152 e. The van der Waals surface area contributed by atoms with Crippen molar-refractivity contribution in [3.8, 4) is 0 Å².